The lowest BCUT2D eigenvalue weighted by atomic mass is 9.93. The molecular weight excluding hydrogens is 515 g/mol. The SMILES string of the molecule is CCOCCn1nc(C=O)c2c1-c1nc(Nc3cc(N4CCN(C)CC4)ccc3OC(F)(F)F)ncc1CC2. The number of aryl methyl sites for hydroxylation is 1. The number of alkyl halides is 3. The first-order valence-corrected chi connectivity index (χ1v) is 12.8. The third-order valence-electron chi connectivity index (χ3n) is 6.88. The zero-order valence-corrected chi connectivity index (χ0v) is 21.8. The summed E-state index contributed by atoms with van der Waals surface area (Å²) in [6.07, 6.45) is -1.26. The van der Waals surface area contributed by atoms with Gasteiger partial charge in [-0.1, -0.05) is 0 Å². The Morgan fingerprint density at radius 1 is 1.15 bits per heavy atom. The quantitative estimate of drug-likeness (QED) is 0.319. The first kappa shape index (κ1) is 26.9. The summed E-state index contributed by atoms with van der Waals surface area (Å²) in [5.74, 6) is -0.276. The Morgan fingerprint density at radius 3 is 2.67 bits per heavy atom. The van der Waals surface area contributed by atoms with Crippen LogP contribution in [0.2, 0.25) is 0 Å². The number of halogens is 3. The fourth-order valence-electron chi connectivity index (χ4n) is 4.91. The highest BCUT2D eigenvalue weighted by molar-refractivity contribution is 5.81. The zero-order chi connectivity index (χ0) is 27.6. The van der Waals surface area contributed by atoms with Crippen LogP contribution in [0, 0.1) is 0 Å². The van der Waals surface area contributed by atoms with Crippen LogP contribution >= 0.6 is 0 Å². The van der Waals surface area contributed by atoms with Crippen molar-refractivity contribution in [1.82, 2.24) is 24.6 Å². The molecule has 1 fully saturated rings. The van der Waals surface area contributed by atoms with Gasteiger partial charge in [0, 0.05) is 50.2 Å². The molecule has 2 aliphatic rings. The van der Waals surface area contributed by atoms with Crippen molar-refractivity contribution in [1.29, 1.82) is 0 Å². The molecule has 0 amide bonds. The van der Waals surface area contributed by atoms with Crippen molar-refractivity contribution in [3.05, 3.63) is 41.2 Å². The first-order chi connectivity index (χ1) is 18.8. The van der Waals surface area contributed by atoms with Gasteiger partial charge < -0.3 is 24.6 Å². The van der Waals surface area contributed by atoms with Crippen LogP contribution in [0.15, 0.2) is 24.4 Å². The lowest BCUT2D eigenvalue weighted by Gasteiger charge is -2.34. The number of ether oxygens (including phenoxy) is 2. The van der Waals surface area contributed by atoms with Gasteiger partial charge in [-0.05, 0) is 50.6 Å². The summed E-state index contributed by atoms with van der Waals surface area (Å²) >= 11 is 0. The van der Waals surface area contributed by atoms with Gasteiger partial charge >= 0.3 is 6.36 Å². The fourth-order valence-corrected chi connectivity index (χ4v) is 4.91. The highest BCUT2D eigenvalue weighted by Gasteiger charge is 2.33. The summed E-state index contributed by atoms with van der Waals surface area (Å²) in [4.78, 5) is 25.1. The number of aldehydes is 1. The Kier molecular flexibility index (Phi) is 7.71. The summed E-state index contributed by atoms with van der Waals surface area (Å²) < 4.78 is 51.1. The minimum atomic E-state index is -4.87. The van der Waals surface area contributed by atoms with Crippen molar-refractivity contribution >= 4 is 23.6 Å². The Hall–Kier alpha value is -3.71. The van der Waals surface area contributed by atoms with Crippen LogP contribution in [0.1, 0.15) is 28.5 Å². The second kappa shape index (κ2) is 11.2. The number of fused-ring (bicyclic) bond motifs is 3. The molecule has 0 radical (unpaired) electrons. The van der Waals surface area contributed by atoms with Gasteiger partial charge in [-0.2, -0.15) is 5.10 Å². The average Bonchev–Trinajstić information content (AvgIpc) is 3.28. The molecule has 1 saturated heterocycles. The summed E-state index contributed by atoms with van der Waals surface area (Å²) in [6.45, 7) is 6.46. The van der Waals surface area contributed by atoms with Gasteiger partial charge in [0.05, 0.1) is 30.2 Å². The molecule has 10 nitrogen and oxygen atoms in total. The Labute approximate surface area is 223 Å². The third-order valence-corrected chi connectivity index (χ3v) is 6.88. The molecule has 13 heteroatoms. The van der Waals surface area contributed by atoms with E-state index in [1.54, 1.807) is 23.0 Å². The van der Waals surface area contributed by atoms with E-state index in [1.807, 2.05) is 14.0 Å². The minimum Gasteiger partial charge on any atom is -0.404 e. The first-order valence-electron chi connectivity index (χ1n) is 12.8. The lowest BCUT2D eigenvalue weighted by molar-refractivity contribution is -0.274. The van der Waals surface area contributed by atoms with E-state index >= 15 is 0 Å². The molecule has 0 spiro atoms. The van der Waals surface area contributed by atoms with E-state index in [0.717, 1.165) is 49.3 Å². The van der Waals surface area contributed by atoms with Crippen LogP contribution in [0.5, 0.6) is 5.75 Å². The van der Waals surface area contributed by atoms with E-state index in [4.69, 9.17) is 4.74 Å². The fraction of sp³-hybridized carbons (Fsp3) is 0.462. The van der Waals surface area contributed by atoms with E-state index in [2.05, 4.69) is 34.9 Å². The van der Waals surface area contributed by atoms with E-state index in [9.17, 15) is 18.0 Å². The molecule has 39 heavy (non-hydrogen) atoms. The molecule has 0 atom stereocenters. The number of rotatable bonds is 9. The maximum atomic E-state index is 13.2. The molecule has 0 saturated carbocycles. The van der Waals surface area contributed by atoms with Gasteiger partial charge in [0.1, 0.15) is 5.69 Å². The molecule has 1 N–H and O–H groups in total. The monoisotopic (exact) mass is 545 g/mol. The number of hydrogen-bond donors (Lipinski definition) is 1. The van der Waals surface area contributed by atoms with Crippen LogP contribution in [0.3, 0.4) is 0 Å². The third kappa shape index (κ3) is 5.98. The maximum Gasteiger partial charge on any atom is 0.573 e. The second-order valence-electron chi connectivity index (χ2n) is 9.46. The number of likely N-dealkylation sites (N-methyl/N-ethyl adjacent to an activating group) is 1. The van der Waals surface area contributed by atoms with Gasteiger partial charge in [-0.25, -0.2) is 9.97 Å². The van der Waals surface area contributed by atoms with Crippen molar-refractivity contribution in [2.45, 2.75) is 32.7 Å². The van der Waals surface area contributed by atoms with Crippen molar-refractivity contribution in [2.24, 2.45) is 0 Å². The highest BCUT2D eigenvalue weighted by Crippen LogP contribution is 2.37. The Bertz CT molecular complexity index is 1340. The molecule has 3 aromatic rings. The van der Waals surface area contributed by atoms with Crippen LogP contribution < -0.4 is 15.0 Å². The van der Waals surface area contributed by atoms with Gasteiger partial charge in [0.2, 0.25) is 5.95 Å². The number of hydrogen-bond acceptors (Lipinski definition) is 9. The van der Waals surface area contributed by atoms with E-state index < -0.39 is 6.36 Å². The van der Waals surface area contributed by atoms with Crippen LogP contribution in [-0.2, 0) is 24.1 Å². The average molecular weight is 546 g/mol. The number of benzene rings is 1. The number of nitrogens with zero attached hydrogens (tertiary/aromatic N) is 6. The van der Waals surface area contributed by atoms with Gasteiger partial charge in [-0.15, -0.1) is 13.2 Å². The van der Waals surface area contributed by atoms with Crippen molar-refractivity contribution in [2.75, 3.05) is 56.7 Å². The zero-order valence-electron chi connectivity index (χ0n) is 21.8. The van der Waals surface area contributed by atoms with Crippen LogP contribution in [0.25, 0.3) is 11.4 Å². The number of nitrogens with one attached hydrogen (secondary N) is 1. The Morgan fingerprint density at radius 2 is 1.95 bits per heavy atom. The molecule has 0 unspecified atom stereocenters. The molecular formula is C26H30F3N7O3. The standard InChI is InChI=1S/C26H30F3N7O3/c1-3-38-13-12-36-24-19(21(16-37)33-36)6-4-17-15-30-25(32-23(17)24)31-20-14-18(35-10-8-34(2)9-11-35)5-7-22(20)39-26(27,28)29/h5,7,14-16H,3-4,6,8-13H2,1-2H3,(H,30,31,32). The summed E-state index contributed by atoms with van der Waals surface area (Å²) in [5, 5.41) is 7.40. The van der Waals surface area contributed by atoms with Crippen molar-refractivity contribution in [3.8, 4) is 17.1 Å². The summed E-state index contributed by atoms with van der Waals surface area (Å²) in [7, 11) is 2.03. The molecule has 5 rings (SSSR count). The second-order valence-corrected chi connectivity index (χ2v) is 9.46. The molecule has 2 aromatic heterocycles. The predicted octanol–water partition coefficient (Wildman–Crippen LogP) is 3.68. The summed E-state index contributed by atoms with van der Waals surface area (Å²) in [6, 6.07) is 4.55. The Balaban J connectivity index is 1.50. The van der Waals surface area contributed by atoms with Gasteiger partial charge in [0.15, 0.2) is 12.0 Å². The molecule has 1 aromatic carbocycles. The highest BCUT2D eigenvalue weighted by atomic mass is 19.4. The molecule has 208 valence electrons. The number of piperazine rings is 1. The van der Waals surface area contributed by atoms with E-state index in [-0.39, 0.29) is 17.4 Å². The topological polar surface area (TPSA) is 97.6 Å². The van der Waals surface area contributed by atoms with Gasteiger partial charge in [-0.3, -0.25) is 9.48 Å². The molecule has 3 heterocycles. The van der Waals surface area contributed by atoms with Crippen LogP contribution in [0.4, 0.5) is 30.5 Å². The number of carbonyl (C=O) groups is 1. The lowest BCUT2D eigenvalue weighted by Crippen LogP contribution is -2.44. The number of aromatic nitrogens is 4. The molecule has 1 aliphatic carbocycles. The van der Waals surface area contributed by atoms with Crippen LogP contribution in [-0.4, -0.2) is 83.7 Å². The number of carbonyl (C=O) groups excluding carboxylic acids is 1. The predicted molar refractivity (Wildman–Crippen MR) is 139 cm³/mol. The molecule has 0 bridgehead atoms. The minimum absolute atomic E-state index is 0.0955. The smallest absolute Gasteiger partial charge is 0.404 e. The van der Waals surface area contributed by atoms with Crippen molar-refractivity contribution < 1.29 is 27.4 Å². The van der Waals surface area contributed by atoms with Gasteiger partial charge in [0.25, 0.3) is 0 Å². The maximum absolute atomic E-state index is 13.2. The normalized spacial score (nSPS) is 15.6. The largest absolute Gasteiger partial charge is 0.573 e. The number of anilines is 3. The van der Waals surface area contributed by atoms with Crippen molar-refractivity contribution in [3.63, 3.8) is 0 Å². The van der Waals surface area contributed by atoms with E-state index in [0.29, 0.717) is 49.7 Å². The molecule has 1 aliphatic heterocycles. The van der Waals surface area contributed by atoms with E-state index in [1.165, 1.54) is 6.07 Å². The summed E-state index contributed by atoms with van der Waals surface area (Å²) in [5.41, 5.74) is 4.14.